The summed E-state index contributed by atoms with van der Waals surface area (Å²) in [6.07, 6.45) is 1.98. The summed E-state index contributed by atoms with van der Waals surface area (Å²) in [7, 11) is -2.03. The second-order valence-electron chi connectivity index (χ2n) is 4.84. The second-order valence-corrected chi connectivity index (χ2v) is 7.02. The van der Waals surface area contributed by atoms with Crippen molar-refractivity contribution in [1.29, 1.82) is 0 Å². The average molecular weight is 319 g/mol. The van der Waals surface area contributed by atoms with Gasteiger partial charge in [-0.15, -0.1) is 0 Å². The zero-order chi connectivity index (χ0) is 14.6. The summed E-state index contributed by atoms with van der Waals surface area (Å²) in [5.74, 6) is 0.851. The van der Waals surface area contributed by atoms with Crippen molar-refractivity contribution in [3.05, 3.63) is 23.2 Å². The Morgan fingerprint density at radius 2 is 2.10 bits per heavy atom. The SMILES string of the molecule is COc1ccc(S(=O)(=O)NCC2CCNCC2)cc1Cl. The van der Waals surface area contributed by atoms with Crippen LogP contribution in [0.3, 0.4) is 0 Å². The highest BCUT2D eigenvalue weighted by Gasteiger charge is 2.19. The Morgan fingerprint density at radius 1 is 1.40 bits per heavy atom. The fourth-order valence-corrected chi connectivity index (χ4v) is 3.68. The molecule has 0 amide bonds. The van der Waals surface area contributed by atoms with Crippen LogP contribution in [0.1, 0.15) is 12.8 Å². The first-order valence-electron chi connectivity index (χ1n) is 6.57. The van der Waals surface area contributed by atoms with E-state index in [2.05, 4.69) is 10.0 Å². The van der Waals surface area contributed by atoms with Gasteiger partial charge in [0.1, 0.15) is 5.75 Å². The number of sulfonamides is 1. The number of hydrogen-bond donors (Lipinski definition) is 2. The van der Waals surface area contributed by atoms with Gasteiger partial charge in [0.25, 0.3) is 0 Å². The second kappa shape index (κ2) is 6.76. The molecule has 2 N–H and O–H groups in total. The molecule has 5 nitrogen and oxygen atoms in total. The number of hydrogen-bond acceptors (Lipinski definition) is 4. The molecule has 2 rings (SSSR count). The largest absolute Gasteiger partial charge is 0.495 e. The molecule has 1 aromatic carbocycles. The van der Waals surface area contributed by atoms with Gasteiger partial charge in [0, 0.05) is 6.54 Å². The monoisotopic (exact) mass is 318 g/mol. The summed E-state index contributed by atoms with van der Waals surface area (Å²) in [5.41, 5.74) is 0. The molecule has 1 aromatic rings. The van der Waals surface area contributed by atoms with Crippen LogP contribution >= 0.6 is 11.6 Å². The van der Waals surface area contributed by atoms with Gasteiger partial charge in [0.15, 0.2) is 0 Å². The average Bonchev–Trinajstić information content (AvgIpc) is 2.46. The van der Waals surface area contributed by atoms with E-state index in [1.54, 1.807) is 6.07 Å². The third-order valence-electron chi connectivity index (χ3n) is 3.45. The maximum atomic E-state index is 12.2. The minimum atomic E-state index is -3.52. The molecule has 0 unspecified atom stereocenters. The van der Waals surface area contributed by atoms with Gasteiger partial charge in [-0.05, 0) is 50.0 Å². The van der Waals surface area contributed by atoms with Crippen molar-refractivity contribution in [2.45, 2.75) is 17.7 Å². The molecule has 20 heavy (non-hydrogen) atoms. The quantitative estimate of drug-likeness (QED) is 0.866. The zero-order valence-corrected chi connectivity index (χ0v) is 12.9. The minimum Gasteiger partial charge on any atom is -0.495 e. The number of methoxy groups -OCH3 is 1. The molecule has 0 saturated carbocycles. The maximum absolute atomic E-state index is 12.2. The van der Waals surface area contributed by atoms with E-state index in [1.807, 2.05) is 0 Å². The van der Waals surface area contributed by atoms with Crippen LogP contribution in [0.2, 0.25) is 5.02 Å². The highest BCUT2D eigenvalue weighted by Crippen LogP contribution is 2.26. The Hall–Kier alpha value is -0.820. The molecule has 0 bridgehead atoms. The third kappa shape index (κ3) is 3.85. The highest BCUT2D eigenvalue weighted by molar-refractivity contribution is 7.89. The first-order chi connectivity index (χ1) is 9.53. The lowest BCUT2D eigenvalue weighted by Gasteiger charge is -2.22. The number of nitrogens with one attached hydrogen (secondary N) is 2. The Labute approximate surface area is 124 Å². The third-order valence-corrected chi connectivity index (χ3v) is 5.17. The maximum Gasteiger partial charge on any atom is 0.240 e. The molecule has 1 aliphatic rings. The standard InChI is InChI=1S/C13H19ClN2O3S/c1-19-13-3-2-11(8-12(13)14)20(17,18)16-9-10-4-6-15-7-5-10/h2-3,8,10,15-16H,4-7,9H2,1H3. The van der Waals surface area contributed by atoms with Gasteiger partial charge in [-0.3, -0.25) is 0 Å². The van der Waals surface area contributed by atoms with Crippen molar-refractivity contribution >= 4 is 21.6 Å². The van der Waals surface area contributed by atoms with Crippen molar-refractivity contribution in [2.24, 2.45) is 5.92 Å². The van der Waals surface area contributed by atoms with Crippen LogP contribution in [0, 0.1) is 5.92 Å². The van der Waals surface area contributed by atoms with Crippen LogP contribution in [-0.4, -0.2) is 35.2 Å². The molecule has 1 aliphatic heterocycles. The van der Waals surface area contributed by atoms with Crippen LogP contribution in [0.25, 0.3) is 0 Å². The molecular weight excluding hydrogens is 300 g/mol. The fraction of sp³-hybridized carbons (Fsp3) is 0.538. The number of piperidine rings is 1. The van der Waals surface area contributed by atoms with Crippen molar-refractivity contribution in [3.63, 3.8) is 0 Å². The van der Waals surface area contributed by atoms with Gasteiger partial charge in [0.2, 0.25) is 10.0 Å². The molecule has 1 saturated heterocycles. The van der Waals surface area contributed by atoms with Crippen LogP contribution in [0.15, 0.2) is 23.1 Å². The molecular formula is C13H19ClN2O3S. The molecule has 112 valence electrons. The summed E-state index contributed by atoms with van der Waals surface area (Å²) >= 11 is 5.96. The number of benzene rings is 1. The Kier molecular flexibility index (Phi) is 5.26. The number of rotatable bonds is 5. The molecule has 7 heteroatoms. The predicted octanol–water partition coefficient (Wildman–Crippen LogP) is 1.63. The molecule has 1 heterocycles. The zero-order valence-electron chi connectivity index (χ0n) is 11.4. The Balaban J connectivity index is 2.04. The first kappa shape index (κ1) is 15.6. The van der Waals surface area contributed by atoms with Gasteiger partial charge in [0.05, 0.1) is 17.0 Å². The molecule has 1 fully saturated rings. The van der Waals surface area contributed by atoms with Gasteiger partial charge in [-0.25, -0.2) is 13.1 Å². The van der Waals surface area contributed by atoms with Gasteiger partial charge < -0.3 is 10.1 Å². The van der Waals surface area contributed by atoms with Crippen molar-refractivity contribution in [3.8, 4) is 5.75 Å². The van der Waals surface area contributed by atoms with E-state index in [-0.39, 0.29) is 9.92 Å². The molecule has 0 atom stereocenters. The number of ether oxygens (including phenoxy) is 1. The van der Waals surface area contributed by atoms with E-state index in [0.717, 1.165) is 25.9 Å². The fourth-order valence-electron chi connectivity index (χ4n) is 2.21. The van der Waals surface area contributed by atoms with Gasteiger partial charge in [-0.2, -0.15) is 0 Å². The van der Waals surface area contributed by atoms with Gasteiger partial charge >= 0.3 is 0 Å². The van der Waals surface area contributed by atoms with E-state index in [0.29, 0.717) is 18.2 Å². The molecule has 0 aromatic heterocycles. The summed E-state index contributed by atoms with van der Waals surface area (Å²) in [4.78, 5) is 0.164. The van der Waals surface area contributed by atoms with Crippen LogP contribution in [0.4, 0.5) is 0 Å². The van der Waals surface area contributed by atoms with E-state index in [9.17, 15) is 8.42 Å². The molecule has 0 spiro atoms. The number of halogens is 1. The van der Waals surface area contributed by atoms with Crippen molar-refractivity contribution in [2.75, 3.05) is 26.7 Å². The van der Waals surface area contributed by atoms with Crippen LogP contribution < -0.4 is 14.8 Å². The van der Waals surface area contributed by atoms with E-state index in [4.69, 9.17) is 16.3 Å². The summed E-state index contributed by atoms with van der Waals surface area (Å²) < 4.78 is 32.1. The topological polar surface area (TPSA) is 67.4 Å². The first-order valence-corrected chi connectivity index (χ1v) is 8.43. The van der Waals surface area contributed by atoms with Crippen molar-refractivity contribution in [1.82, 2.24) is 10.0 Å². The molecule has 0 aliphatic carbocycles. The van der Waals surface area contributed by atoms with E-state index < -0.39 is 10.0 Å². The van der Waals surface area contributed by atoms with Gasteiger partial charge in [-0.1, -0.05) is 11.6 Å². The Bertz CT molecular complexity index is 557. The predicted molar refractivity (Wildman–Crippen MR) is 78.8 cm³/mol. The lowest BCUT2D eigenvalue weighted by molar-refractivity contribution is 0.372. The lowest BCUT2D eigenvalue weighted by atomic mass is 9.99. The summed E-state index contributed by atoms with van der Waals surface area (Å²) in [6, 6.07) is 4.46. The summed E-state index contributed by atoms with van der Waals surface area (Å²) in [5, 5.41) is 3.54. The van der Waals surface area contributed by atoms with E-state index >= 15 is 0 Å². The lowest BCUT2D eigenvalue weighted by Crippen LogP contribution is -2.35. The van der Waals surface area contributed by atoms with Crippen LogP contribution in [-0.2, 0) is 10.0 Å². The van der Waals surface area contributed by atoms with E-state index in [1.165, 1.54) is 19.2 Å². The van der Waals surface area contributed by atoms with Crippen molar-refractivity contribution < 1.29 is 13.2 Å². The summed E-state index contributed by atoms with van der Waals surface area (Å²) in [6.45, 7) is 2.36. The smallest absolute Gasteiger partial charge is 0.240 e. The molecule has 0 radical (unpaired) electrons. The Morgan fingerprint density at radius 3 is 2.70 bits per heavy atom. The van der Waals surface area contributed by atoms with Crippen LogP contribution in [0.5, 0.6) is 5.75 Å². The normalized spacial score (nSPS) is 17.1. The minimum absolute atomic E-state index is 0.164. The highest BCUT2D eigenvalue weighted by atomic mass is 35.5.